The van der Waals surface area contributed by atoms with E-state index in [1.807, 2.05) is 37.3 Å². The normalized spacial score (nSPS) is 12.5. The molecule has 24 heavy (non-hydrogen) atoms. The summed E-state index contributed by atoms with van der Waals surface area (Å²) in [6.45, 7) is 2.52. The number of nitrogens with one attached hydrogen (secondary N) is 2. The van der Waals surface area contributed by atoms with Crippen LogP contribution in [0.5, 0.6) is 0 Å². The third-order valence-corrected chi connectivity index (χ3v) is 4.37. The lowest BCUT2D eigenvalue weighted by Gasteiger charge is -2.13. The largest absolute Gasteiger partial charge is 0.351 e. The van der Waals surface area contributed by atoms with Crippen LogP contribution in [0.15, 0.2) is 48.5 Å². The molecule has 0 fully saturated rings. The number of sulfonamides is 1. The van der Waals surface area contributed by atoms with Gasteiger partial charge in [-0.3, -0.25) is 9.52 Å². The van der Waals surface area contributed by atoms with Gasteiger partial charge in [0.25, 0.3) is 5.91 Å². The Morgan fingerprint density at radius 1 is 1.17 bits per heavy atom. The van der Waals surface area contributed by atoms with E-state index in [9.17, 15) is 13.2 Å². The zero-order chi connectivity index (χ0) is 17.7. The molecular weight excluding hydrogens is 348 g/mol. The minimum Gasteiger partial charge on any atom is -0.351 e. The molecule has 0 aromatic heterocycles. The van der Waals surface area contributed by atoms with Crippen LogP contribution in [-0.2, 0) is 10.0 Å². The van der Waals surface area contributed by atoms with Crippen LogP contribution < -0.4 is 10.0 Å². The molecule has 7 heteroatoms. The number of carbonyl (C=O) groups is 1. The lowest BCUT2D eigenvalue weighted by molar-refractivity contribution is 0.0951. The second-order valence-corrected chi connectivity index (χ2v) is 7.75. The van der Waals surface area contributed by atoms with Crippen LogP contribution in [0, 0.1) is 0 Å². The fraction of sp³-hybridized carbons (Fsp3) is 0.235. The third kappa shape index (κ3) is 5.25. The molecule has 0 radical (unpaired) electrons. The smallest absolute Gasteiger partial charge is 0.251 e. The highest BCUT2D eigenvalue weighted by atomic mass is 35.5. The molecule has 1 atom stereocenters. The van der Waals surface area contributed by atoms with Gasteiger partial charge in [0, 0.05) is 12.1 Å². The number of benzene rings is 2. The van der Waals surface area contributed by atoms with Crippen LogP contribution >= 0.6 is 11.6 Å². The second-order valence-electron chi connectivity index (χ2n) is 5.59. The zero-order valence-corrected chi connectivity index (χ0v) is 15.0. The molecule has 2 aromatic rings. The van der Waals surface area contributed by atoms with Crippen LogP contribution in [0.25, 0.3) is 0 Å². The van der Waals surface area contributed by atoms with Crippen LogP contribution in [0.3, 0.4) is 0 Å². The van der Waals surface area contributed by atoms with Crippen LogP contribution in [-0.4, -0.2) is 27.1 Å². The average Bonchev–Trinajstić information content (AvgIpc) is 2.53. The summed E-state index contributed by atoms with van der Waals surface area (Å²) in [6, 6.07) is 14.3. The van der Waals surface area contributed by atoms with Gasteiger partial charge in [0.1, 0.15) is 0 Å². The Kier molecular flexibility index (Phi) is 5.85. The molecule has 0 saturated carbocycles. The van der Waals surface area contributed by atoms with Crippen molar-refractivity contribution in [3.8, 4) is 0 Å². The summed E-state index contributed by atoms with van der Waals surface area (Å²) in [6.07, 6.45) is 1.04. The molecule has 0 aliphatic heterocycles. The van der Waals surface area contributed by atoms with Gasteiger partial charge in [0.2, 0.25) is 10.0 Å². The van der Waals surface area contributed by atoms with Crippen molar-refractivity contribution < 1.29 is 13.2 Å². The van der Waals surface area contributed by atoms with E-state index < -0.39 is 10.0 Å². The maximum absolute atomic E-state index is 12.2. The number of halogens is 1. The van der Waals surface area contributed by atoms with E-state index in [1.165, 1.54) is 18.2 Å². The van der Waals surface area contributed by atoms with Crippen molar-refractivity contribution in [1.82, 2.24) is 5.32 Å². The van der Waals surface area contributed by atoms with Gasteiger partial charge in [-0.15, -0.1) is 0 Å². The quantitative estimate of drug-likeness (QED) is 0.824. The highest BCUT2D eigenvalue weighted by Gasteiger charge is 2.12. The summed E-state index contributed by atoms with van der Waals surface area (Å²) in [5.74, 6) is -0.0811. The molecule has 2 rings (SSSR count). The molecule has 2 N–H and O–H groups in total. The first-order valence-corrected chi connectivity index (χ1v) is 9.63. The van der Waals surface area contributed by atoms with Gasteiger partial charge in [-0.1, -0.05) is 48.9 Å². The van der Waals surface area contributed by atoms with Gasteiger partial charge < -0.3 is 5.32 Å². The first kappa shape index (κ1) is 18.3. The Labute approximate surface area is 147 Å². The van der Waals surface area contributed by atoms with Gasteiger partial charge in [0.15, 0.2) is 0 Å². The predicted molar refractivity (Wildman–Crippen MR) is 97.1 cm³/mol. The third-order valence-electron chi connectivity index (χ3n) is 3.46. The topological polar surface area (TPSA) is 75.3 Å². The Hall–Kier alpha value is -2.05. The Morgan fingerprint density at radius 3 is 2.42 bits per heavy atom. The van der Waals surface area contributed by atoms with Crippen molar-refractivity contribution in [1.29, 1.82) is 0 Å². The van der Waals surface area contributed by atoms with Crippen molar-refractivity contribution in [2.45, 2.75) is 12.8 Å². The van der Waals surface area contributed by atoms with Crippen LogP contribution in [0.1, 0.15) is 28.8 Å². The number of rotatable bonds is 6. The van der Waals surface area contributed by atoms with Gasteiger partial charge >= 0.3 is 0 Å². The van der Waals surface area contributed by atoms with Crippen LogP contribution in [0.2, 0.25) is 5.02 Å². The standard InChI is InChI=1S/C17H19ClN2O3S/c1-12(13-6-4-3-5-7-13)11-19-17(21)14-8-9-16(15(18)10-14)20-24(2,22)23/h3-10,12,20H,11H2,1-2H3,(H,19,21)/t12-/m1/s1. The lowest BCUT2D eigenvalue weighted by Crippen LogP contribution is -2.27. The van der Waals surface area contributed by atoms with Gasteiger partial charge in [-0.25, -0.2) is 8.42 Å². The first-order valence-electron chi connectivity index (χ1n) is 7.37. The summed E-state index contributed by atoms with van der Waals surface area (Å²) < 4.78 is 24.8. The second kappa shape index (κ2) is 7.68. The number of carbonyl (C=O) groups excluding carboxylic acids is 1. The summed E-state index contributed by atoms with van der Waals surface area (Å²) in [5.41, 5.74) is 1.76. The molecular formula is C17H19ClN2O3S. The molecule has 0 aliphatic rings. The average molecular weight is 367 g/mol. The number of hydrogen-bond acceptors (Lipinski definition) is 3. The van der Waals surface area contributed by atoms with Crippen molar-refractivity contribution in [3.05, 3.63) is 64.7 Å². The van der Waals surface area contributed by atoms with E-state index in [1.54, 1.807) is 0 Å². The molecule has 0 unspecified atom stereocenters. The lowest BCUT2D eigenvalue weighted by atomic mass is 10.0. The van der Waals surface area contributed by atoms with E-state index in [-0.39, 0.29) is 22.5 Å². The molecule has 0 aliphatic carbocycles. The summed E-state index contributed by atoms with van der Waals surface area (Å²) in [4.78, 5) is 12.2. The predicted octanol–water partition coefficient (Wildman–Crippen LogP) is 3.25. The van der Waals surface area contributed by atoms with Crippen LogP contribution in [0.4, 0.5) is 5.69 Å². The van der Waals surface area contributed by atoms with Crippen molar-refractivity contribution >= 4 is 33.2 Å². The first-order chi connectivity index (χ1) is 11.3. The van der Waals surface area contributed by atoms with Gasteiger partial charge in [-0.05, 0) is 29.7 Å². The van der Waals surface area contributed by atoms with E-state index in [2.05, 4.69) is 10.0 Å². The van der Waals surface area contributed by atoms with Gasteiger partial charge in [-0.2, -0.15) is 0 Å². The summed E-state index contributed by atoms with van der Waals surface area (Å²) in [7, 11) is -3.42. The highest BCUT2D eigenvalue weighted by Crippen LogP contribution is 2.24. The number of amides is 1. The maximum Gasteiger partial charge on any atom is 0.251 e. The molecule has 1 amide bonds. The molecule has 0 spiro atoms. The SMILES string of the molecule is C[C@H](CNC(=O)c1ccc(NS(C)(=O)=O)c(Cl)c1)c1ccccc1. The van der Waals surface area contributed by atoms with Crippen molar-refractivity contribution in [3.63, 3.8) is 0 Å². The molecule has 0 bridgehead atoms. The molecule has 0 heterocycles. The minimum atomic E-state index is -3.42. The molecule has 2 aromatic carbocycles. The minimum absolute atomic E-state index is 0.171. The van der Waals surface area contributed by atoms with Gasteiger partial charge in [0.05, 0.1) is 17.0 Å². The van der Waals surface area contributed by atoms with E-state index in [0.29, 0.717) is 12.1 Å². The fourth-order valence-electron chi connectivity index (χ4n) is 2.19. The molecule has 0 saturated heterocycles. The van der Waals surface area contributed by atoms with E-state index in [4.69, 9.17) is 11.6 Å². The maximum atomic E-state index is 12.2. The van der Waals surface area contributed by atoms with Crippen molar-refractivity contribution in [2.24, 2.45) is 0 Å². The molecule has 5 nitrogen and oxygen atoms in total. The van der Waals surface area contributed by atoms with Crippen molar-refractivity contribution in [2.75, 3.05) is 17.5 Å². The Bertz CT molecular complexity index is 823. The number of hydrogen-bond donors (Lipinski definition) is 2. The summed E-state index contributed by atoms with van der Waals surface area (Å²) >= 11 is 6.03. The Balaban J connectivity index is 2.01. The van der Waals surface area contributed by atoms with E-state index in [0.717, 1.165) is 11.8 Å². The fourth-order valence-corrected chi connectivity index (χ4v) is 3.05. The zero-order valence-electron chi connectivity index (χ0n) is 13.4. The Morgan fingerprint density at radius 2 is 1.83 bits per heavy atom. The number of anilines is 1. The highest BCUT2D eigenvalue weighted by molar-refractivity contribution is 7.92. The van der Waals surface area contributed by atoms with E-state index >= 15 is 0 Å². The summed E-state index contributed by atoms with van der Waals surface area (Å²) in [5, 5.41) is 3.03. The molecule has 128 valence electrons. The monoisotopic (exact) mass is 366 g/mol.